The van der Waals surface area contributed by atoms with E-state index in [0.717, 1.165) is 25.8 Å². The molecular formula is C15H22N2O5S. The first-order chi connectivity index (χ1) is 10.9. The number of hydrogen-bond donors (Lipinski definition) is 1. The Labute approximate surface area is 136 Å². The molecule has 1 aromatic heterocycles. The van der Waals surface area contributed by atoms with E-state index in [0.29, 0.717) is 6.54 Å². The maximum absolute atomic E-state index is 13.3. The summed E-state index contributed by atoms with van der Waals surface area (Å²) in [4.78, 5) is 12.0. The van der Waals surface area contributed by atoms with Crippen molar-refractivity contribution in [2.75, 3.05) is 20.2 Å². The van der Waals surface area contributed by atoms with Crippen LogP contribution in [0.1, 0.15) is 41.1 Å². The molecule has 8 heteroatoms. The minimum Gasteiger partial charge on any atom is -0.465 e. The number of aryl methyl sites for hydroxylation is 2. The summed E-state index contributed by atoms with van der Waals surface area (Å²) in [7, 11) is -2.58. The molecule has 0 amide bonds. The lowest BCUT2D eigenvalue weighted by atomic mass is 10.2. The molecule has 0 radical (unpaired) electrons. The summed E-state index contributed by atoms with van der Waals surface area (Å²) in [6.45, 7) is 4.59. The van der Waals surface area contributed by atoms with Crippen LogP contribution in [0.25, 0.3) is 0 Å². The number of hydrogen-bond acceptors (Lipinski definition) is 6. The van der Waals surface area contributed by atoms with E-state index in [1.807, 2.05) is 0 Å². The SMILES string of the molecule is COC(=O)c1c(C)oc(C)c1S(=O)(=O)N(C1CC1)C1CCNC1. The maximum atomic E-state index is 13.3. The van der Waals surface area contributed by atoms with Gasteiger partial charge in [0.05, 0.1) is 7.11 Å². The summed E-state index contributed by atoms with van der Waals surface area (Å²) in [5.41, 5.74) is 0.0154. The zero-order valence-corrected chi connectivity index (χ0v) is 14.4. The molecule has 1 atom stereocenters. The maximum Gasteiger partial charge on any atom is 0.342 e. The van der Waals surface area contributed by atoms with E-state index in [1.165, 1.54) is 7.11 Å². The van der Waals surface area contributed by atoms with Gasteiger partial charge in [-0.3, -0.25) is 0 Å². The van der Waals surface area contributed by atoms with E-state index in [9.17, 15) is 13.2 Å². The molecule has 1 aromatic rings. The van der Waals surface area contributed by atoms with Gasteiger partial charge in [0, 0.05) is 18.6 Å². The molecule has 2 heterocycles. The van der Waals surface area contributed by atoms with Crippen LogP contribution in [0.5, 0.6) is 0 Å². The number of sulfonamides is 1. The van der Waals surface area contributed by atoms with E-state index >= 15 is 0 Å². The number of carbonyl (C=O) groups is 1. The number of nitrogens with zero attached hydrogens (tertiary/aromatic N) is 1. The normalized spacial score (nSPS) is 21.8. The van der Waals surface area contributed by atoms with E-state index in [-0.39, 0.29) is 34.1 Å². The van der Waals surface area contributed by atoms with E-state index in [1.54, 1.807) is 18.2 Å². The molecule has 1 unspecified atom stereocenters. The van der Waals surface area contributed by atoms with Gasteiger partial charge in [0.2, 0.25) is 10.0 Å². The molecule has 2 aliphatic rings. The molecule has 2 fully saturated rings. The van der Waals surface area contributed by atoms with Gasteiger partial charge in [0.1, 0.15) is 22.0 Å². The van der Waals surface area contributed by atoms with Crippen molar-refractivity contribution in [1.82, 2.24) is 9.62 Å². The summed E-state index contributed by atoms with van der Waals surface area (Å²) >= 11 is 0. The Kier molecular flexibility index (Phi) is 4.24. The van der Waals surface area contributed by atoms with Crippen LogP contribution in [0.2, 0.25) is 0 Å². The minimum absolute atomic E-state index is 0.0154. The van der Waals surface area contributed by atoms with Gasteiger partial charge in [-0.05, 0) is 39.7 Å². The van der Waals surface area contributed by atoms with Gasteiger partial charge in [0.15, 0.2) is 0 Å². The number of furan rings is 1. The number of methoxy groups -OCH3 is 1. The van der Waals surface area contributed by atoms with E-state index < -0.39 is 16.0 Å². The van der Waals surface area contributed by atoms with Gasteiger partial charge in [-0.2, -0.15) is 4.31 Å². The lowest BCUT2D eigenvalue weighted by molar-refractivity contribution is 0.0594. The predicted molar refractivity (Wildman–Crippen MR) is 82.8 cm³/mol. The van der Waals surface area contributed by atoms with Crippen LogP contribution >= 0.6 is 0 Å². The summed E-state index contributed by atoms with van der Waals surface area (Å²) in [5, 5.41) is 3.21. The Morgan fingerprint density at radius 2 is 1.91 bits per heavy atom. The topological polar surface area (TPSA) is 88.8 Å². The van der Waals surface area contributed by atoms with E-state index in [4.69, 9.17) is 9.15 Å². The van der Waals surface area contributed by atoms with Crippen molar-refractivity contribution in [3.63, 3.8) is 0 Å². The molecule has 23 heavy (non-hydrogen) atoms. The average Bonchev–Trinajstić information content (AvgIpc) is 3.05. The number of esters is 1. The van der Waals surface area contributed by atoms with Crippen molar-refractivity contribution >= 4 is 16.0 Å². The summed E-state index contributed by atoms with van der Waals surface area (Å²) < 4.78 is 38.4. The first-order valence-corrected chi connectivity index (χ1v) is 9.24. The second kappa shape index (κ2) is 5.92. The third-order valence-electron chi connectivity index (χ3n) is 4.43. The van der Waals surface area contributed by atoms with E-state index in [2.05, 4.69) is 5.32 Å². The fourth-order valence-electron chi connectivity index (χ4n) is 3.29. The second-order valence-corrected chi connectivity index (χ2v) is 7.90. The standard InChI is InChI=1S/C15H22N2O5S/c1-9-13(15(18)21-3)14(10(2)22-9)23(19,20)17(11-4-5-11)12-6-7-16-8-12/h11-12,16H,4-8H2,1-3H3. The lowest BCUT2D eigenvalue weighted by Crippen LogP contribution is -2.43. The number of nitrogens with one attached hydrogen (secondary N) is 1. The fraction of sp³-hybridized carbons (Fsp3) is 0.667. The van der Waals surface area contributed by atoms with Crippen LogP contribution in [0, 0.1) is 13.8 Å². The zero-order chi connectivity index (χ0) is 16.8. The average molecular weight is 342 g/mol. The smallest absolute Gasteiger partial charge is 0.342 e. The number of rotatable bonds is 5. The highest BCUT2D eigenvalue weighted by Gasteiger charge is 2.46. The molecule has 1 saturated heterocycles. The predicted octanol–water partition coefficient (Wildman–Crippen LogP) is 1.20. The molecule has 128 valence electrons. The monoisotopic (exact) mass is 342 g/mol. The third kappa shape index (κ3) is 2.79. The molecule has 3 rings (SSSR count). The molecule has 1 aliphatic heterocycles. The van der Waals surface area contributed by atoms with Gasteiger partial charge in [-0.1, -0.05) is 0 Å². The van der Waals surface area contributed by atoms with Crippen molar-refractivity contribution in [3.8, 4) is 0 Å². The molecule has 1 saturated carbocycles. The lowest BCUT2D eigenvalue weighted by Gasteiger charge is -2.27. The van der Waals surface area contributed by atoms with Crippen LogP contribution in [-0.4, -0.2) is 51.0 Å². The third-order valence-corrected chi connectivity index (χ3v) is 6.59. The van der Waals surface area contributed by atoms with Crippen LogP contribution in [-0.2, 0) is 14.8 Å². The van der Waals surface area contributed by atoms with Crippen LogP contribution in [0.3, 0.4) is 0 Å². The quantitative estimate of drug-likeness (QED) is 0.809. The molecule has 0 aromatic carbocycles. The van der Waals surface area contributed by atoms with Gasteiger partial charge >= 0.3 is 5.97 Å². The summed E-state index contributed by atoms with van der Waals surface area (Å²) in [6.07, 6.45) is 2.50. The fourth-order valence-corrected chi connectivity index (χ4v) is 5.57. The minimum atomic E-state index is -3.82. The summed E-state index contributed by atoms with van der Waals surface area (Å²) in [5.74, 6) is -0.175. The van der Waals surface area contributed by atoms with Crippen molar-refractivity contribution in [2.45, 2.75) is 50.1 Å². The summed E-state index contributed by atoms with van der Waals surface area (Å²) in [6, 6.07) is -0.0578. The van der Waals surface area contributed by atoms with Gasteiger partial charge < -0.3 is 14.5 Å². The Balaban J connectivity index is 2.10. The van der Waals surface area contributed by atoms with Crippen LogP contribution < -0.4 is 5.32 Å². The number of ether oxygens (including phenoxy) is 1. The Morgan fingerprint density at radius 1 is 1.22 bits per heavy atom. The first-order valence-electron chi connectivity index (χ1n) is 7.80. The largest absolute Gasteiger partial charge is 0.465 e. The van der Waals surface area contributed by atoms with Crippen LogP contribution in [0.4, 0.5) is 0 Å². The van der Waals surface area contributed by atoms with Crippen molar-refractivity contribution in [1.29, 1.82) is 0 Å². The molecule has 7 nitrogen and oxygen atoms in total. The zero-order valence-electron chi connectivity index (χ0n) is 13.6. The van der Waals surface area contributed by atoms with Gasteiger partial charge in [-0.25, -0.2) is 13.2 Å². The molecule has 0 spiro atoms. The Hall–Kier alpha value is -1.38. The highest BCUT2D eigenvalue weighted by molar-refractivity contribution is 7.89. The highest BCUT2D eigenvalue weighted by atomic mass is 32.2. The van der Waals surface area contributed by atoms with Gasteiger partial charge in [-0.15, -0.1) is 0 Å². The molecular weight excluding hydrogens is 320 g/mol. The Morgan fingerprint density at radius 3 is 2.43 bits per heavy atom. The second-order valence-electron chi connectivity index (χ2n) is 6.12. The Bertz CT molecular complexity index is 714. The molecule has 1 aliphatic carbocycles. The first kappa shape index (κ1) is 16.5. The number of carbonyl (C=O) groups excluding carboxylic acids is 1. The van der Waals surface area contributed by atoms with Crippen LogP contribution in [0.15, 0.2) is 9.31 Å². The molecule has 1 N–H and O–H groups in total. The van der Waals surface area contributed by atoms with Crippen molar-refractivity contribution in [2.24, 2.45) is 0 Å². The van der Waals surface area contributed by atoms with Crippen molar-refractivity contribution in [3.05, 3.63) is 17.1 Å². The van der Waals surface area contributed by atoms with Crippen molar-refractivity contribution < 1.29 is 22.4 Å². The highest BCUT2D eigenvalue weighted by Crippen LogP contribution is 2.38. The van der Waals surface area contributed by atoms with Gasteiger partial charge in [0.25, 0.3) is 0 Å². The molecule has 0 bridgehead atoms.